The van der Waals surface area contributed by atoms with E-state index in [-0.39, 0.29) is 0 Å². The number of nitrogens with zero attached hydrogens (tertiary/aromatic N) is 2. The summed E-state index contributed by atoms with van der Waals surface area (Å²) in [4.78, 5) is 7.12. The summed E-state index contributed by atoms with van der Waals surface area (Å²) in [5.74, 6) is 0.980. The maximum Gasteiger partial charge on any atom is 0.126 e. The van der Waals surface area contributed by atoms with Crippen LogP contribution in [0.5, 0.6) is 0 Å². The van der Waals surface area contributed by atoms with Crippen LogP contribution < -0.4 is 5.32 Å². The van der Waals surface area contributed by atoms with E-state index >= 15 is 0 Å². The normalized spacial score (nSPS) is 16.2. The molecule has 1 aromatic carbocycles. The van der Waals surface area contributed by atoms with Crippen molar-refractivity contribution >= 4 is 16.7 Å². The summed E-state index contributed by atoms with van der Waals surface area (Å²) >= 11 is 0. The highest BCUT2D eigenvalue weighted by atomic mass is 15.2. The van der Waals surface area contributed by atoms with Crippen LogP contribution in [0.15, 0.2) is 36.4 Å². The van der Waals surface area contributed by atoms with E-state index in [2.05, 4.69) is 39.5 Å². The van der Waals surface area contributed by atoms with Crippen LogP contribution in [-0.2, 0) is 0 Å². The number of pyridine rings is 1. The predicted octanol–water partition coefficient (Wildman–Crippen LogP) is 2.74. The van der Waals surface area contributed by atoms with E-state index in [1.165, 1.54) is 31.3 Å². The number of rotatable bonds is 4. The Bertz CT molecular complexity index is 518. The summed E-state index contributed by atoms with van der Waals surface area (Å²) < 4.78 is 0. The van der Waals surface area contributed by atoms with Gasteiger partial charge in [-0.2, -0.15) is 0 Å². The summed E-state index contributed by atoms with van der Waals surface area (Å²) in [6.45, 7) is 4.61. The molecule has 0 amide bonds. The molecule has 3 heteroatoms. The second kappa shape index (κ2) is 5.36. The van der Waals surface area contributed by atoms with Crippen LogP contribution in [-0.4, -0.2) is 36.1 Å². The van der Waals surface area contributed by atoms with Gasteiger partial charge in [0.05, 0.1) is 5.52 Å². The first-order valence-corrected chi connectivity index (χ1v) is 6.74. The molecule has 1 fully saturated rings. The van der Waals surface area contributed by atoms with Gasteiger partial charge >= 0.3 is 0 Å². The Balaban J connectivity index is 1.60. The number of benzene rings is 1. The van der Waals surface area contributed by atoms with E-state index in [0.717, 1.165) is 24.4 Å². The molecule has 0 radical (unpaired) electrons. The van der Waals surface area contributed by atoms with Gasteiger partial charge in [0.25, 0.3) is 0 Å². The highest BCUT2D eigenvalue weighted by Gasteiger charge is 2.10. The SMILES string of the molecule is c1ccc2nc(NCCN3CCCC3)ccc2c1. The first kappa shape index (κ1) is 11.5. The lowest BCUT2D eigenvalue weighted by Gasteiger charge is -2.15. The first-order chi connectivity index (χ1) is 8.92. The lowest BCUT2D eigenvalue weighted by molar-refractivity contribution is 0.352. The Morgan fingerprint density at radius 2 is 1.89 bits per heavy atom. The van der Waals surface area contributed by atoms with Crippen LogP contribution in [0.4, 0.5) is 5.82 Å². The van der Waals surface area contributed by atoms with Gasteiger partial charge in [-0.25, -0.2) is 4.98 Å². The van der Waals surface area contributed by atoms with E-state index < -0.39 is 0 Å². The van der Waals surface area contributed by atoms with Crippen molar-refractivity contribution in [1.82, 2.24) is 9.88 Å². The molecule has 94 valence electrons. The molecule has 1 aliphatic rings. The largest absolute Gasteiger partial charge is 0.369 e. The van der Waals surface area contributed by atoms with Crippen LogP contribution in [0.3, 0.4) is 0 Å². The topological polar surface area (TPSA) is 28.2 Å². The van der Waals surface area contributed by atoms with Crippen molar-refractivity contribution in [2.24, 2.45) is 0 Å². The molecule has 1 saturated heterocycles. The standard InChI is InChI=1S/C15H19N3/c1-2-6-14-13(5-1)7-8-15(17-14)16-9-12-18-10-3-4-11-18/h1-2,5-8H,3-4,9-12H2,(H,16,17). The molecule has 0 aliphatic carbocycles. The number of anilines is 1. The van der Waals surface area contributed by atoms with Crippen LogP contribution >= 0.6 is 0 Å². The second-order valence-corrected chi connectivity index (χ2v) is 4.86. The molecule has 0 bridgehead atoms. The van der Waals surface area contributed by atoms with Gasteiger partial charge in [-0.3, -0.25) is 0 Å². The zero-order valence-electron chi connectivity index (χ0n) is 10.6. The molecule has 3 nitrogen and oxygen atoms in total. The molecule has 2 heterocycles. The van der Waals surface area contributed by atoms with Gasteiger partial charge in [-0.1, -0.05) is 18.2 Å². The number of hydrogen-bond donors (Lipinski definition) is 1. The van der Waals surface area contributed by atoms with Crippen molar-refractivity contribution in [3.8, 4) is 0 Å². The fourth-order valence-corrected chi connectivity index (χ4v) is 2.51. The smallest absolute Gasteiger partial charge is 0.126 e. The van der Waals surface area contributed by atoms with E-state index in [4.69, 9.17) is 0 Å². The van der Waals surface area contributed by atoms with Crippen molar-refractivity contribution in [3.63, 3.8) is 0 Å². The molecule has 0 saturated carbocycles. The van der Waals surface area contributed by atoms with Crippen molar-refractivity contribution in [3.05, 3.63) is 36.4 Å². The molecule has 1 aliphatic heterocycles. The summed E-state index contributed by atoms with van der Waals surface area (Å²) in [5.41, 5.74) is 1.06. The number of fused-ring (bicyclic) bond motifs is 1. The minimum absolute atomic E-state index is 0.978. The van der Waals surface area contributed by atoms with Crippen LogP contribution in [0, 0.1) is 0 Å². The van der Waals surface area contributed by atoms with E-state index in [1.807, 2.05) is 12.1 Å². The fourth-order valence-electron chi connectivity index (χ4n) is 2.51. The Morgan fingerprint density at radius 1 is 1.06 bits per heavy atom. The van der Waals surface area contributed by atoms with Crippen molar-refractivity contribution in [2.45, 2.75) is 12.8 Å². The van der Waals surface area contributed by atoms with Gasteiger partial charge in [-0.15, -0.1) is 0 Å². The molecule has 0 atom stereocenters. The quantitative estimate of drug-likeness (QED) is 0.892. The van der Waals surface area contributed by atoms with Crippen molar-refractivity contribution in [2.75, 3.05) is 31.5 Å². The fraction of sp³-hybridized carbons (Fsp3) is 0.400. The first-order valence-electron chi connectivity index (χ1n) is 6.74. The van der Waals surface area contributed by atoms with Gasteiger partial charge in [0, 0.05) is 18.5 Å². The molecular formula is C15H19N3. The highest BCUT2D eigenvalue weighted by molar-refractivity contribution is 5.79. The Morgan fingerprint density at radius 3 is 2.78 bits per heavy atom. The van der Waals surface area contributed by atoms with E-state index in [1.54, 1.807) is 0 Å². The second-order valence-electron chi connectivity index (χ2n) is 4.86. The molecule has 2 aromatic rings. The lowest BCUT2D eigenvalue weighted by Crippen LogP contribution is -2.26. The molecule has 0 spiro atoms. The molecule has 3 rings (SSSR count). The minimum Gasteiger partial charge on any atom is -0.369 e. The number of likely N-dealkylation sites (tertiary alicyclic amines) is 1. The summed E-state index contributed by atoms with van der Waals surface area (Å²) in [5, 5.41) is 4.61. The van der Waals surface area contributed by atoms with Gasteiger partial charge < -0.3 is 10.2 Å². The zero-order chi connectivity index (χ0) is 12.2. The maximum absolute atomic E-state index is 4.61. The van der Waals surface area contributed by atoms with Gasteiger partial charge in [0.2, 0.25) is 0 Å². The molecule has 1 aromatic heterocycles. The molecule has 0 unspecified atom stereocenters. The van der Waals surface area contributed by atoms with Gasteiger partial charge in [0.1, 0.15) is 5.82 Å². The number of nitrogens with one attached hydrogen (secondary N) is 1. The number of aromatic nitrogens is 1. The third-order valence-electron chi connectivity index (χ3n) is 3.53. The third kappa shape index (κ3) is 2.62. The van der Waals surface area contributed by atoms with Crippen LogP contribution in [0.25, 0.3) is 10.9 Å². The maximum atomic E-state index is 4.61. The Kier molecular flexibility index (Phi) is 3.42. The minimum atomic E-state index is 0.978. The highest BCUT2D eigenvalue weighted by Crippen LogP contribution is 2.14. The summed E-state index contributed by atoms with van der Waals surface area (Å²) in [6.07, 6.45) is 2.71. The average Bonchev–Trinajstić information content (AvgIpc) is 2.92. The molecule has 18 heavy (non-hydrogen) atoms. The van der Waals surface area contributed by atoms with Crippen LogP contribution in [0.2, 0.25) is 0 Å². The lowest BCUT2D eigenvalue weighted by atomic mass is 10.2. The van der Waals surface area contributed by atoms with Gasteiger partial charge in [0.15, 0.2) is 0 Å². The molecule has 1 N–H and O–H groups in total. The summed E-state index contributed by atoms with van der Waals surface area (Å²) in [6, 6.07) is 12.4. The Labute approximate surface area is 108 Å². The molecular weight excluding hydrogens is 222 g/mol. The summed E-state index contributed by atoms with van der Waals surface area (Å²) in [7, 11) is 0. The van der Waals surface area contributed by atoms with E-state index in [9.17, 15) is 0 Å². The third-order valence-corrected chi connectivity index (χ3v) is 3.53. The van der Waals surface area contributed by atoms with Crippen molar-refractivity contribution < 1.29 is 0 Å². The van der Waals surface area contributed by atoms with Gasteiger partial charge in [-0.05, 0) is 44.1 Å². The Hall–Kier alpha value is -1.61. The monoisotopic (exact) mass is 241 g/mol. The van der Waals surface area contributed by atoms with E-state index in [0.29, 0.717) is 0 Å². The zero-order valence-corrected chi connectivity index (χ0v) is 10.6. The average molecular weight is 241 g/mol. The number of para-hydroxylation sites is 1. The van der Waals surface area contributed by atoms with Crippen molar-refractivity contribution in [1.29, 1.82) is 0 Å². The van der Waals surface area contributed by atoms with Crippen LogP contribution in [0.1, 0.15) is 12.8 Å². The number of hydrogen-bond acceptors (Lipinski definition) is 3. The predicted molar refractivity (Wildman–Crippen MR) is 75.9 cm³/mol.